The first kappa shape index (κ1) is 12.6. The lowest BCUT2D eigenvalue weighted by Gasteiger charge is -2.22. The number of Topliss-reactive ketones (excluding diaryl/α,β-unsaturated/α-hetero) is 1. The van der Waals surface area contributed by atoms with Gasteiger partial charge >= 0.3 is 0 Å². The van der Waals surface area contributed by atoms with E-state index in [9.17, 15) is 4.79 Å². The van der Waals surface area contributed by atoms with E-state index in [2.05, 4.69) is 0 Å². The normalized spacial score (nSPS) is 11.7. The van der Waals surface area contributed by atoms with Crippen LogP contribution in [0.25, 0.3) is 0 Å². The Bertz CT molecular complexity index is 152. The molecule has 0 radical (unpaired) electrons. The Morgan fingerprint density at radius 3 is 2.38 bits per heavy atom. The van der Waals surface area contributed by atoms with Crippen LogP contribution in [-0.2, 0) is 14.3 Å². The molecule has 0 bridgehead atoms. The largest absolute Gasteiger partial charge is 0.381 e. The number of rotatable bonds is 7. The minimum Gasteiger partial charge on any atom is -0.381 e. The minimum absolute atomic E-state index is 0.129. The summed E-state index contributed by atoms with van der Waals surface area (Å²) in [6.07, 6.45) is 1.36. The number of hydrogen-bond donors (Lipinski definition) is 0. The van der Waals surface area contributed by atoms with Crippen LogP contribution in [-0.4, -0.2) is 31.7 Å². The molecule has 13 heavy (non-hydrogen) atoms. The Hall–Kier alpha value is -0.410. The molecule has 0 aromatic carbocycles. The highest BCUT2D eigenvalue weighted by molar-refractivity contribution is 5.75. The maximum absolute atomic E-state index is 10.6. The molecule has 0 aliphatic rings. The summed E-state index contributed by atoms with van der Waals surface area (Å²) in [4.78, 5) is 10.6. The fourth-order valence-corrected chi connectivity index (χ4v) is 0.738. The van der Waals surface area contributed by atoms with Crippen LogP contribution in [0.1, 0.15) is 33.6 Å². The van der Waals surface area contributed by atoms with E-state index in [0.29, 0.717) is 19.6 Å². The zero-order valence-electron chi connectivity index (χ0n) is 9.05. The van der Waals surface area contributed by atoms with E-state index in [1.54, 1.807) is 14.0 Å². The van der Waals surface area contributed by atoms with Crippen molar-refractivity contribution in [3.8, 4) is 0 Å². The van der Waals surface area contributed by atoms with Crippen LogP contribution in [0, 0.1) is 0 Å². The molecule has 0 saturated heterocycles. The van der Waals surface area contributed by atoms with Gasteiger partial charge in [-0.25, -0.2) is 0 Å². The van der Waals surface area contributed by atoms with Gasteiger partial charge in [0.2, 0.25) is 0 Å². The molecule has 3 heteroatoms. The number of ketones is 1. The Kier molecular flexibility index (Phi) is 5.91. The minimum atomic E-state index is -0.129. The van der Waals surface area contributed by atoms with Crippen molar-refractivity contribution in [1.29, 1.82) is 0 Å². The summed E-state index contributed by atoms with van der Waals surface area (Å²) in [6, 6.07) is 0. The molecule has 0 aliphatic carbocycles. The Labute approximate surface area is 80.4 Å². The Morgan fingerprint density at radius 1 is 1.31 bits per heavy atom. The summed E-state index contributed by atoms with van der Waals surface area (Å²) in [5, 5.41) is 0. The van der Waals surface area contributed by atoms with Gasteiger partial charge in [0.15, 0.2) is 0 Å². The average molecular weight is 188 g/mol. The van der Waals surface area contributed by atoms with E-state index < -0.39 is 0 Å². The zero-order chi connectivity index (χ0) is 10.3. The molecule has 0 aliphatic heterocycles. The second kappa shape index (κ2) is 6.11. The van der Waals surface area contributed by atoms with Crippen molar-refractivity contribution in [3.63, 3.8) is 0 Å². The summed E-state index contributed by atoms with van der Waals surface area (Å²) < 4.78 is 10.5. The molecule has 0 amide bonds. The van der Waals surface area contributed by atoms with Crippen molar-refractivity contribution >= 4 is 5.78 Å². The summed E-state index contributed by atoms with van der Waals surface area (Å²) in [7, 11) is 1.69. The first-order valence-electron chi connectivity index (χ1n) is 4.60. The third-order valence-electron chi connectivity index (χ3n) is 2.00. The molecule has 0 rings (SSSR count). The van der Waals surface area contributed by atoms with Crippen molar-refractivity contribution in [2.75, 3.05) is 20.3 Å². The van der Waals surface area contributed by atoms with Crippen molar-refractivity contribution in [3.05, 3.63) is 0 Å². The van der Waals surface area contributed by atoms with Crippen molar-refractivity contribution in [1.82, 2.24) is 0 Å². The van der Waals surface area contributed by atoms with Crippen molar-refractivity contribution in [2.24, 2.45) is 0 Å². The van der Waals surface area contributed by atoms with Crippen molar-refractivity contribution in [2.45, 2.75) is 39.2 Å². The topological polar surface area (TPSA) is 35.5 Å². The number of carbonyl (C=O) groups is 1. The second-order valence-corrected chi connectivity index (χ2v) is 3.78. The van der Waals surface area contributed by atoms with Crippen LogP contribution in [0.2, 0.25) is 0 Å². The molecule has 3 nitrogen and oxygen atoms in total. The zero-order valence-corrected chi connectivity index (χ0v) is 9.05. The number of carbonyl (C=O) groups excluding carboxylic acids is 1. The molecule has 0 N–H and O–H groups in total. The van der Waals surface area contributed by atoms with E-state index in [1.165, 1.54) is 0 Å². The second-order valence-electron chi connectivity index (χ2n) is 3.78. The van der Waals surface area contributed by atoms with E-state index >= 15 is 0 Å². The fourth-order valence-electron chi connectivity index (χ4n) is 0.738. The van der Waals surface area contributed by atoms with Gasteiger partial charge in [-0.3, -0.25) is 4.79 Å². The van der Waals surface area contributed by atoms with Crippen LogP contribution < -0.4 is 0 Å². The SMILES string of the molecule is COC(C)(C)CCOCCC(C)=O. The Balaban J connectivity index is 3.30. The van der Waals surface area contributed by atoms with Gasteiger partial charge in [0.1, 0.15) is 5.78 Å². The van der Waals surface area contributed by atoms with Gasteiger partial charge in [0.05, 0.1) is 12.2 Å². The molecule has 0 fully saturated rings. The Morgan fingerprint density at radius 2 is 1.92 bits per heavy atom. The third-order valence-corrected chi connectivity index (χ3v) is 2.00. The molecule has 0 aromatic rings. The first-order valence-corrected chi connectivity index (χ1v) is 4.60. The van der Waals surface area contributed by atoms with Gasteiger partial charge in [0, 0.05) is 20.1 Å². The lowest BCUT2D eigenvalue weighted by Crippen LogP contribution is -2.24. The highest BCUT2D eigenvalue weighted by Gasteiger charge is 2.15. The maximum atomic E-state index is 10.6. The van der Waals surface area contributed by atoms with E-state index in [0.717, 1.165) is 6.42 Å². The number of hydrogen-bond acceptors (Lipinski definition) is 3. The molecule has 0 heterocycles. The third kappa shape index (κ3) is 7.94. The lowest BCUT2D eigenvalue weighted by molar-refractivity contribution is -0.118. The summed E-state index contributed by atoms with van der Waals surface area (Å²) >= 11 is 0. The summed E-state index contributed by atoms with van der Waals surface area (Å²) in [5.74, 6) is 0.172. The van der Waals surface area contributed by atoms with E-state index in [-0.39, 0.29) is 11.4 Å². The van der Waals surface area contributed by atoms with E-state index in [4.69, 9.17) is 9.47 Å². The standard InChI is InChI=1S/C10H20O3/c1-9(11)5-7-13-8-6-10(2,3)12-4/h5-8H2,1-4H3. The smallest absolute Gasteiger partial charge is 0.132 e. The summed E-state index contributed by atoms with van der Waals surface area (Å²) in [6.45, 7) is 6.77. The van der Waals surface area contributed by atoms with Crippen LogP contribution in [0.5, 0.6) is 0 Å². The monoisotopic (exact) mass is 188 g/mol. The van der Waals surface area contributed by atoms with E-state index in [1.807, 2.05) is 13.8 Å². The summed E-state index contributed by atoms with van der Waals surface area (Å²) in [5.41, 5.74) is -0.129. The highest BCUT2D eigenvalue weighted by atomic mass is 16.5. The molecule has 0 spiro atoms. The lowest BCUT2D eigenvalue weighted by atomic mass is 10.1. The van der Waals surface area contributed by atoms with Gasteiger partial charge in [0.25, 0.3) is 0 Å². The molecular formula is C10H20O3. The molecule has 0 saturated carbocycles. The molecule has 0 unspecified atom stereocenters. The molecule has 0 aromatic heterocycles. The highest BCUT2D eigenvalue weighted by Crippen LogP contribution is 2.12. The van der Waals surface area contributed by atoms with Crippen molar-refractivity contribution < 1.29 is 14.3 Å². The van der Waals surface area contributed by atoms with Gasteiger partial charge in [-0.2, -0.15) is 0 Å². The maximum Gasteiger partial charge on any atom is 0.132 e. The van der Waals surface area contributed by atoms with Crippen LogP contribution in [0.15, 0.2) is 0 Å². The number of methoxy groups -OCH3 is 1. The predicted molar refractivity (Wildman–Crippen MR) is 51.8 cm³/mol. The van der Waals surface area contributed by atoms with Crippen LogP contribution in [0.3, 0.4) is 0 Å². The molecule has 78 valence electrons. The van der Waals surface area contributed by atoms with Gasteiger partial charge < -0.3 is 9.47 Å². The quantitative estimate of drug-likeness (QED) is 0.571. The van der Waals surface area contributed by atoms with Gasteiger partial charge in [-0.1, -0.05) is 0 Å². The van der Waals surface area contributed by atoms with Crippen LogP contribution >= 0.6 is 0 Å². The van der Waals surface area contributed by atoms with Crippen LogP contribution in [0.4, 0.5) is 0 Å². The van der Waals surface area contributed by atoms with Gasteiger partial charge in [-0.15, -0.1) is 0 Å². The number of ether oxygens (including phenoxy) is 2. The first-order chi connectivity index (χ1) is 5.98. The average Bonchev–Trinajstić information content (AvgIpc) is 2.03. The fraction of sp³-hybridized carbons (Fsp3) is 0.900. The molecule has 0 atom stereocenters. The predicted octanol–water partition coefficient (Wildman–Crippen LogP) is 1.80. The van der Waals surface area contributed by atoms with Gasteiger partial charge in [-0.05, 0) is 27.2 Å². The molecular weight excluding hydrogens is 168 g/mol.